The number of hydrogen-bond donors (Lipinski definition) is 1. The van der Waals surface area contributed by atoms with E-state index >= 15 is 0 Å². The number of amides is 1. The lowest BCUT2D eigenvalue weighted by Crippen LogP contribution is -2.41. The Kier molecular flexibility index (Phi) is 5.66. The highest BCUT2D eigenvalue weighted by atomic mass is 19.1. The van der Waals surface area contributed by atoms with Gasteiger partial charge in [-0.05, 0) is 40.5 Å². The summed E-state index contributed by atoms with van der Waals surface area (Å²) in [5.41, 5.74) is 10.8. The molecule has 0 bridgehead atoms. The van der Waals surface area contributed by atoms with Gasteiger partial charge in [0.25, 0.3) is 5.91 Å². The molecule has 3 aromatic rings. The van der Waals surface area contributed by atoms with Crippen LogP contribution in [0.4, 0.5) is 4.39 Å². The Bertz CT molecular complexity index is 1160. The van der Waals surface area contributed by atoms with E-state index < -0.39 is 0 Å². The number of aryl methyl sites for hydroxylation is 1. The summed E-state index contributed by atoms with van der Waals surface area (Å²) in [6.07, 6.45) is 5.38. The Morgan fingerprint density at radius 1 is 1.23 bits per heavy atom. The third-order valence-corrected chi connectivity index (χ3v) is 5.54. The quantitative estimate of drug-likeness (QED) is 0.663. The normalized spacial score (nSPS) is 16.9. The molecule has 2 aromatic carbocycles. The van der Waals surface area contributed by atoms with E-state index in [1.54, 1.807) is 34.8 Å². The topological polar surface area (TPSA) is 76.5 Å². The van der Waals surface area contributed by atoms with Gasteiger partial charge in [-0.15, -0.1) is 0 Å². The molecule has 0 radical (unpaired) electrons. The molecule has 158 valence electrons. The highest BCUT2D eigenvalue weighted by molar-refractivity contribution is 6.44. The van der Waals surface area contributed by atoms with Gasteiger partial charge >= 0.3 is 0 Å². The van der Waals surface area contributed by atoms with Gasteiger partial charge < -0.3 is 10.6 Å². The minimum Gasteiger partial charge on any atom is -0.398 e. The highest BCUT2D eigenvalue weighted by Gasteiger charge is 2.31. The van der Waals surface area contributed by atoms with Gasteiger partial charge in [0.2, 0.25) is 0 Å². The van der Waals surface area contributed by atoms with Crippen molar-refractivity contribution in [1.82, 2.24) is 14.7 Å². The predicted octanol–water partition coefficient (Wildman–Crippen LogP) is 3.10. The predicted molar refractivity (Wildman–Crippen MR) is 119 cm³/mol. The Hall–Kier alpha value is -3.74. The summed E-state index contributed by atoms with van der Waals surface area (Å²) in [4.78, 5) is 19.3. The monoisotopic (exact) mass is 417 g/mol. The number of benzene rings is 2. The van der Waals surface area contributed by atoms with E-state index in [-0.39, 0.29) is 23.4 Å². The van der Waals surface area contributed by atoms with E-state index in [0.717, 1.165) is 11.1 Å². The third kappa shape index (κ3) is 4.26. The maximum Gasteiger partial charge on any atom is 0.272 e. The van der Waals surface area contributed by atoms with E-state index in [4.69, 9.17) is 5.73 Å². The van der Waals surface area contributed by atoms with E-state index in [1.807, 2.05) is 37.6 Å². The molecule has 6 nitrogen and oxygen atoms in total. The first-order chi connectivity index (χ1) is 15.0. The summed E-state index contributed by atoms with van der Waals surface area (Å²) < 4.78 is 15.0. The molecule has 0 saturated heterocycles. The largest absolute Gasteiger partial charge is 0.398 e. The van der Waals surface area contributed by atoms with Crippen LogP contribution in [0.15, 0.2) is 72.0 Å². The minimum atomic E-state index is -0.342. The molecule has 1 aliphatic rings. The molecule has 1 aliphatic heterocycles. The van der Waals surface area contributed by atoms with Crippen LogP contribution in [0, 0.1) is 5.82 Å². The molecule has 0 fully saturated rings. The molecular formula is C24H24FN5O. The molecule has 1 atom stereocenters. The highest BCUT2D eigenvalue weighted by Crippen LogP contribution is 2.33. The Morgan fingerprint density at radius 2 is 1.97 bits per heavy atom. The summed E-state index contributed by atoms with van der Waals surface area (Å²) in [6, 6.07) is 14.0. The van der Waals surface area contributed by atoms with Crippen molar-refractivity contribution in [3.05, 3.63) is 95.1 Å². The van der Waals surface area contributed by atoms with Crippen LogP contribution >= 0.6 is 0 Å². The van der Waals surface area contributed by atoms with Crippen molar-refractivity contribution in [1.29, 1.82) is 0 Å². The summed E-state index contributed by atoms with van der Waals surface area (Å²) in [5.74, 6) is -0.513. The van der Waals surface area contributed by atoms with E-state index in [9.17, 15) is 9.18 Å². The van der Waals surface area contributed by atoms with Crippen LogP contribution in [0.2, 0.25) is 0 Å². The van der Waals surface area contributed by atoms with Crippen molar-refractivity contribution in [2.75, 3.05) is 13.6 Å². The fraction of sp³-hybridized carbons (Fsp3) is 0.208. The Morgan fingerprint density at radius 3 is 2.65 bits per heavy atom. The molecule has 0 aliphatic carbocycles. The summed E-state index contributed by atoms with van der Waals surface area (Å²) in [6.45, 7) is 1.01. The number of rotatable bonds is 4. The number of carbonyl (C=O) groups is 1. The maximum absolute atomic E-state index is 13.4. The Labute approximate surface area is 180 Å². The van der Waals surface area contributed by atoms with Gasteiger partial charge in [0.05, 0.1) is 6.20 Å². The van der Waals surface area contributed by atoms with Crippen LogP contribution in [0.1, 0.15) is 28.2 Å². The van der Waals surface area contributed by atoms with Crippen LogP contribution in [0.5, 0.6) is 0 Å². The standard InChI is InChI=1S/C24H24FN5O/c1-27-23(11-22(26)16-7-9-19(25)10-8-16)24(31)30-14-17-5-3-4-6-20(17)21(15-30)18-12-28-29(2)13-18/h3-13,21H,14-15,26H2,1-2H3/b22-11-,27-23?. The fourth-order valence-electron chi connectivity index (χ4n) is 3.92. The van der Waals surface area contributed by atoms with E-state index in [1.165, 1.54) is 17.7 Å². The van der Waals surface area contributed by atoms with Crippen LogP contribution in [0.3, 0.4) is 0 Å². The number of aromatic nitrogens is 2. The zero-order valence-electron chi connectivity index (χ0n) is 17.5. The van der Waals surface area contributed by atoms with Crippen LogP contribution in [-0.2, 0) is 18.4 Å². The van der Waals surface area contributed by atoms with Crippen molar-refractivity contribution in [2.45, 2.75) is 12.5 Å². The van der Waals surface area contributed by atoms with Crippen molar-refractivity contribution < 1.29 is 9.18 Å². The number of nitrogens with two attached hydrogens (primary N) is 1. The van der Waals surface area contributed by atoms with Crippen molar-refractivity contribution >= 4 is 17.3 Å². The van der Waals surface area contributed by atoms with Crippen molar-refractivity contribution in [2.24, 2.45) is 17.8 Å². The van der Waals surface area contributed by atoms with Gasteiger partial charge in [-0.1, -0.05) is 36.4 Å². The lowest BCUT2D eigenvalue weighted by molar-refractivity contribution is -0.125. The zero-order chi connectivity index (χ0) is 22.0. The van der Waals surface area contributed by atoms with Crippen molar-refractivity contribution in [3.63, 3.8) is 0 Å². The number of nitrogens with zero attached hydrogens (tertiary/aromatic N) is 4. The molecule has 0 spiro atoms. The summed E-state index contributed by atoms with van der Waals surface area (Å²) in [7, 11) is 3.45. The molecule has 4 rings (SSSR count). The molecule has 1 aromatic heterocycles. The average molecular weight is 417 g/mol. The van der Waals surface area contributed by atoms with Gasteiger partial charge in [-0.2, -0.15) is 5.10 Å². The average Bonchev–Trinajstić information content (AvgIpc) is 3.22. The number of hydrogen-bond acceptors (Lipinski definition) is 4. The lowest BCUT2D eigenvalue weighted by Gasteiger charge is -2.34. The van der Waals surface area contributed by atoms with Gasteiger partial charge in [-0.25, -0.2) is 4.39 Å². The molecule has 1 unspecified atom stereocenters. The maximum atomic E-state index is 13.4. The van der Waals surface area contributed by atoms with Crippen LogP contribution in [-0.4, -0.2) is 39.9 Å². The Balaban J connectivity index is 1.63. The first-order valence-corrected chi connectivity index (χ1v) is 10.0. The summed E-state index contributed by atoms with van der Waals surface area (Å²) >= 11 is 0. The second kappa shape index (κ2) is 8.55. The molecule has 1 amide bonds. The number of halogens is 1. The molecule has 2 N–H and O–H groups in total. The van der Waals surface area contributed by atoms with Gasteiger partial charge in [0.15, 0.2) is 0 Å². The second-order valence-electron chi connectivity index (χ2n) is 7.60. The molecule has 7 heteroatoms. The van der Waals surface area contributed by atoms with Crippen LogP contribution < -0.4 is 5.73 Å². The lowest BCUT2D eigenvalue weighted by atomic mass is 9.86. The smallest absolute Gasteiger partial charge is 0.272 e. The third-order valence-electron chi connectivity index (χ3n) is 5.54. The van der Waals surface area contributed by atoms with Gasteiger partial charge in [0, 0.05) is 45.0 Å². The van der Waals surface area contributed by atoms with Gasteiger partial charge in [0.1, 0.15) is 11.5 Å². The molecular weight excluding hydrogens is 393 g/mol. The zero-order valence-corrected chi connectivity index (χ0v) is 17.5. The van der Waals surface area contributed by atoms with E-state index in [2.05, 4.69) is 16.2 Å². The molecule has 2 heterocycles. The molecule has 0 saturated carbocycles. The molecule has 31 heavy (non-hydrogen) atoms. The van der Waals surface area contributed by atoms with E-state index in [0.29, 0.717) is 24.4 Å². The number of carbonyl (C=O) groups excluding carboxylic acids is 1. The van der Waals surface area contributed by atoms with Crippen LogP contribution in [0.25, 0.3) is 5.70 Å². The SMILES string of the molecule is CN=C(/C=C(\N)c1ccc(F)cc1)C(=O)N1Cc2ccccc2C(c2cnn(C)c2)C1. The summed E-state index contributed by atoms with van der Waals surface area (Å²) in [5, 5.41) is 4.30. The first-order valence-electron chi connectivity index (χ1n) is 10.0. The minimum absolute atomic E-state index is 0.0270. The number of fused-ring (bicyclic) bond motifs is 1. The van der Waals surface area contributed by atoms with Gasteiger partial charge in [-0.3, -0.25) is 14.5 Å². The second-order valence-corrected chi connectivity index (χ2v) is 7.60. The first kappa shape index (κ1) is 20.5. The fourth-order valence-corrected chi connectivity index (χ4v) is 3.92. The number of aliphatic imine (C=N–C) groups is 1. The van der Waals surface area contributed by atoms with Crippen molar-refractivity contribution in [3.8, 4) is 0 Å².